The number of nitrogens with zero attached hydrogens (tertiary/aromatic N) is 1. The van der Waals surface area contributed by atoms with E-state index < -0.39 is 0 Å². The van der Waals surface area contributed by atoms with Gasteiger partial charge in [0.05, 0.1) is 0 Å². The molecule has 1 nitrogen and oxygen atoms in total. The molecule has 92 valence electrons. The molecule has 0 bridgehead atoms. The van der Waals surface area contributed by atoms with Gasteiger partial charge in [-0.1, -0.05) is 52.8 Å². The number of anilines is 1. The molecule has 16 heavy (non-hydrogen) atoms. The van der Waals surface area contributed by atoms with Crippen LogP contribution in [0.4, 0.5) is 5.69 Å². The van der Waals surface area contributed by atoms with Crippen molar-refractivity contribution in [1.29, 1.82) is 0 Å². The first kappa shape index (κ1) is 15.0. The van der Waals surface area contributed by atoms with Crippen molar-refractivity contribution in [3.05, 3.63) is 29.8 Å². The van der Waals surface area contributed by atoms with Crippen LogP contribution in [0.25, 0.3) is 0 Å². The van der Waals surface area contributed by atoms with Crippen LogP contribution >= 0.6 is 0 Å². The van der Waals surface area contributed by atoms with Crippen LogP contribution in [0, 0.1) is 0 Å². The Labute approximate surface area is 101 Å². The molecule has 0 amide bonds. The Hall–Kier alpha value is -0.980. The molecule has 1 unspecified atom stereocenters. The highest BCUT2D eigenvalue weighted by Crippen LogP contribution is 2.33. The van der Waals surface area contributed by atoms with Crippen LogP contribution in [-0.2, 0) is 0 Å². The summed E-state index contributed by atoms with van der Waals surface area (Å²) in [5.74, 6) is 0.734. The van der Waals surface area contributed by atoms with Gasteiger partial charge < -0.3 is 4.90 Å². The van der Waals surface area contributed by atoms with Gasteiger partial charge in [0.15, 0.2) is 0 Å². The van der Waals surface area contributed by atoms with Crippen molar-refractivity contribution in [2.24, 2.45) is 0 Å². The van der Waals surface area contributed by atoms with Gasteiger partial charge in [0.2, 0.25) is 0 Å². The molecule has 0 radical (unpaired) electrons. The molecule has 1 aliphatic heterocycles. The number of hydrogen-bond acceptors (Lipinski definition) is 1. The summed E-state index contributed by atoms with van der Waals surface area (Å²) in [7, 11) is 2.17. The molecule has 1 heterocycles. The zero-order valence-electron chi connectivity index (χ0n) is 11.7. The number of hydrogen-bond donors (Lipinski definition) is 0. The van der Waals surface area contributed by atoms with Gasteiger partial charge in [-0.15, -0.1) is 0 Å². The highest BCUT2D eigenvalue weighted by Gasteiger charge is 2.18. The molecule has 0 fully saturated rings. The van der Waals surface area contributed by atoms with Gasteiger partial charge >= 0.3 is 0 Å². The fourth-order valence-electron chi connectivity index (χ4n) is 1.92. The van der Waals surface area contributed by atoms with Crippen LogP contribution in [0.15, 0.2) is 24.3 Å². The third kappa shape index (κ3) is 3.55. The second-order valence-corrected chi connectivity index (χ2v) is 3.67. The van der Waals surface area contributed by atoms with E-state index in [0.29, 0.717) is 0 Å². The van der Waals surface area contributed by atoms with Gasteiger partial charge in [-0.05, 0) is 24.0 Å². The minimum absolute atomic E-state index is 0.734. The van der Waals surface area contributed by atoms with Crippen molar-refractivity contribution in [3.63, 3.8) is 0 Å². The molecule has 1 aromatic rings. The number of para-hydroxylation sites is 1. The Bertz CT molecular complexity index is 252. The fraction of sp³-hybridized carbons (Fsp3) is 0.600. The Kier molecular flexibility index (Phi) is 7.70. The van der Waals surface area contributed by atoms with Gasteiger partial charge in [0, 0.05) is 19.3 Å². The minimum atomic E-state index is 0.734. The van der Waals surface area contributed by atoms with Crippen LogP contribution in [0.3, 0.4) is 0 Å². The first-order valence-electron chi connectivity index (χ1n) is 6.59. The Morgan fingerprint density at radius 2 is 1.62 bits per heavy atom. The molecule has 2 rings (SSSR count). The third-order valence-corrected chi connectivity index (χ3v) is 2.78. The monoisotopic (exact) mass is 221 g/mol. The van der Waals surface area contributed by atoms with E-state index >= 15 is 0 Å². The van der Waals surface area contributed by atoms with Gasteiger partial charge in [-0.2, -0.15) is 0 Å². The van der Waals surface area contributed by atoms with Crippen molar-refractivity contribution in [1.82, 2.24) is 0 Å². The maximum atomic E-state index is 2.34. The summed E-state index contributed by atoms with van der Waals surface area (Å²) in [6, 6.07) is 8.71. The SMILES string of the molecule is CC.CC.CC1CCN(C)c2ccccc21. The van der Waals surface area contributed by atoms with E-state index in [2.05, 4.69) is 43.1 Å². The van der Waals surface area contributed by atoms with E-state index in [1.165, 1.54) is 24.2 Å². The topological polar surface area (TPSA) is 3.24 Å². The zero-order chi connectivity index (χ0) is 12.6. The van der Waals surface area contributed by atoms with Crippen molar-refractivity contribution >= 4 is 5.69 Å². The number of rotatable bonds is 0. The molecule has 1 atom stereocenters. The molecule has 0 saturated carbocycles. The Morgan fingerprint density at radius 3 is 2.19 bits per heavy atom. The van der Waals surface area contributed by atoms with E-state index in [9.17, 15) is 0 Å². The minimum Gasteiger partial charge on any atom is -0.374 e. The molecule has 1 aliphatic rings. The van der Waals surface area contributed by atoms with Crippen molar-refractivity contribution in [3.8, 4) is 0 Å². The maximum absolute atomic E-state index is 2.34. The maximum Gasteiger partial charge on any atom is 0.0398 e. The summed E-state index contributed by atoms with van der Waals surface area (Å²) in [4.78, 5) is 2.34. The molecular weight excluding hydrogens is 194 g/mol. The standard InChI is InChI=1S/C11H15N.2C2H6/c1-9-7-8-12(2)11-6-4-3-5-10(9)11;2*1-2/h3-6,9H,7-8H2,1-2H3;2*1-2H3. The predicted molar refractivity (Wildman–Crippen MR) is 75.4 cm³/mol. The van der Waals surface area contributed by atoms with Crippen LogP contribution in [0.1, 0.15) is 52.5 Å². The molecular formula is C15H27N. The normalized spacial score (nSPS) is 17.4. The highest BCUT2D eigenvalue weighted by atomic mass is 15.1. The van der Waals surface area contributed by atoms with Crippen LogP contribution in [-0.4, -0.2) is 13.6 Å². The summed E-state index contributed by atoms with van der Waals surface area (Å²) in [5.41, 5.74) is 2.92. The van der Waals surface area contributed by atoms with Gasteiger partial charge in [0.1, 0.15) is 0 Å². The largest absolute Gasteiger partial charge is 0.374 e. The van der Waals surface area contributed by atoms with E-state index in [4.69, 9.17) is 0 Å². The first-order chi connectivity index (χ1) is 7.79. The summed E-state index contributed by atoms with van der Waals surface area (Å²) in [5, 5.41) is 0. The number of benzene rings is 1. The number of fused-ring (bicyclic) bond motifs is 1. The average molecular weight is 221 g/mol. The van der Waals surface area contributed by atoms with E-state index in [0.717, 1.165) is 5.92 Å². The molecule has 0 aliphatic carbocycles. The molecule has 0 saturated heterocycles. The fourth-order valence-corrected chi connectivity index (χ4v) is 1.92. The lowest BCUT2D eigenvalue weighted by Crippen LogP contribution is -2.26. The zero-order valence-corrected chi connectivity index (χ0v) is 11.7. The lowest BCUT2D eigenvalue weighted by atomic mass is 9.92. The first-order valence-corrected chi connectivity index (χ1v) is 6.59. The second kappa shape index (κ2) is 8.20. The second-order valence-electron chi connectivity index (χ2n) is 3.67. The van der Waals surface area contributed by atoms with Gasteiger partial charge in [0.25, 0.3) is 0 Å². The summed E-state index contributed by atoms with van der Waals surface area (Å²) in [6.07, 6.45) is 1.29. The van der Waals surface area contributed by atoms with Crippen LogP contribution in [0.2, 0.25) is 0 Å². The van der Waals surface area contributed by atoms with Crippen molar-refractivity contribution < 1.29 is 0 Å². The van der Waals surface area contributed by atoms with Crippen LogP contribution in [0.5, 0.6) is 0 Å². The summed E-state index contributed by atoms with van der Waals surface area (Å²) in [6.45, 7) is 11.5. The molecule has 0 aromatic heterocycles. The molecule has 1 aromatic carbocycles. The van der Waals surface area contributed by atoms with Crippen LogP contribution < -0.4 is 4.90 Å². The van der Waals surface area contributed by atoms with Gasteiger partial charge in [-0.25, -0.2) is 0 Å². The summed E-state index contributed by atoms with van der Waals surface area (Å²) < 4.78 is 0. The van der Waals surface area contributed by atoms with E-state index in [1.807, 2.05) is 27.7 Å². The lowest BCUT2D eigenvalue weighted by molar-refractivity contribution is 0.637. The average Bonchev–Trinajstić information content (AvgIpc) is 2.39. The molecule has 0 spiro atoms. The molecule has 0 N–H and O–H groups in total. The van der Waals surface area contributed by atoms with Crippen molar-refractivity contribution in [2.75, 3.05) is 18.5 Å². The van der Waals surface area contributed by atoms with E-state index in [1.54, 1.807) is 0 Å². The van der Waals surface area contributed by atoms with Crippen molar-refractivity contribution in [2.45, 2.75) is 47.0 Å². The Morgan fingerprint density at radius 1 is 1.06 bits per heavy atom. The quantitative estimate of drug-likeness (QED) is 0.614. The molecule has 1 heteroatoms. The lowest BCUT2D eigenvalue weighted by Gasteiger charge is -2.31. The van der Waals surface area contributed by atoms with Gasteiger partial charge in [-0.3, -0.25) is 0 Å². The van der Waals surface area contributed by atoms with E-state index in [-0.39, 0.29) is 0 Å². The summed E-state index contributed by atoms with van der Waals surface area (Å²) >= 11 is 0. The Balaban J connectivity index is 0.000000509. The smallest absolute Gasteiger partial charge is 0.0398 e. The predicted octanol–water partition coefficient (Wildman–Crippen LogP) is 4.68. The third-order valence-electron chi connectivity index (χ3n) is 2.78. The highest BCUT2D eigenvalue weighted by molar-refractivity contribution is 5.56.